The first-order valence-electron chi connectivity index (χ1n) is 15.1. The highest BCUT2D eigenvalue weighted by Gasteiger charge is 2.33. The van der Waals surface area contributed by atoms with Gasteiger partial charge in [0.2, 0.25) is 0 Å². The Hall–Kier alpha value is -1.31. The molecule has 2 atom stereocenters. The molecule has 1 aromatic rings. The Morgan fingerprint density at radius 3 is 1.85 bits per heavy atom. The molecule has 2 heteroatoms. The van der Waals surface area contributed by atoms with Crippen LogP contribution in [0.5, 0.6) is 0 Å². The van der Waals surface area contributed by atoms with E-state index in [-0.39, 0.29) is 5.41 Å². The lowest BCUT2D eigenvalue weighted by Crippen LogP contribution is -2.29. The Balaban J connectivity index is 1.62. The van der Waals surface area contributed by atoms with Crippen molar-refractivity contribution in [3.8, 4) is 0 Å². The highest BCUT2D eigenvalue weighted by molar-refractivity contribution is 5.29. The van der Waals surface area contributed by atoms with Crippen LogP contribution in [0.3, 0.4) is 0 Å². The van der Waals surface area contributed by atoms with E-state index in [1.807, 2.05) is 6.20 Å². The molecule has 0 amide bonds. The standard InChI is InChI=1S/C32H56N2/c1-4-6-8-9-10-11-12-13-14-15-16-17-18-19-21-25-32(26-22-20-23-27-32)31-33-28-29-34(31)30(3)24-7-5-2/h20,22-23,26,28-30H,4-19,21,24-25,27H2,1-3H3. The summed E-state index contributed by atoms with van der Waals surface area (Å²) in [5, 5.41) is 0. The molecule has 0 bridgehead atoms. The number of allylic oxidation sites excluding steroid dienone is 4. The number of nitrogens with zero attached hydrogens (tertiary/aromatic N) is 2. The molecule has 1 aliphatic rings. The van der Waals surface area contributed by atoms with Gasteiger partial charge in [0.15, 0.2) is 0 Å². The topological polar surface area (TPSA) is 17.8 Å². The first-order chi connectivity index (χ1) is 16.7. The van der Waals surface area contributed by atoms with Gasteiger partial charge in [0.25, 0.3) is 0 Å². The Labute approximate surface area is 212 Å². The number of hydrogen-bond acceptors (Lipinski definition) is 1. The van der Waals surface area contributed by atoms with Crippen molar-refractivity contribution in [2.45, 2.75) is 161 Å². The molecule has 0 saturated carbocycles. The van der Waals surface area contributed by atoms with Gasteiger partial charge >= 0.3 is 0 Å². The number of rotatable bonds is 21. The molecule has 34 heavy (non-hydrogen) atoms. The van der Waals surface area contributed by atoms with Crippen molar-refractivity contribution in [2.75, 3.05) is 0 Å². The summed E-state index contributed by atoms with van der Waals surface area (Å²) in [6, 6.07) is 0.537. The van der Waals surface area contributed by atoms with E-state index in [1.54, 1.807) is 0 Å². The number of aromatic nitrogens is 2. The zero-order valence-electron chi connectivity index (χ0n) is 23.1. The third kappa shape index (κ3) is 10.5. The molecule has 0 spiro atoms. The summed E-state index contributed by atoms with van der Waals surface area (Å²) < 4.78 is 2.48. The van der Waals surface area contributed by atoms with E-state index in [9.17, 15) is 0 Å². The lowest BCUT2D eigenvalue weighted by molar-refractivity contribution is 0.382. The third-order valence-electron chi connectivity index (χ3n) is 7.94. The van der Waals surface area contributed by atoms with Crippen molar-refractivity contribution < 1.29 is 0 Å². The van der Waals surface area contributed by atoms with Gasteiger partial charge in [0.1, 0.15) is 5.82 Å². The summed E-state index contributed by atoms with van der Waals surface area (Å²) in [5.41, 5.74) is 0.0925. The van der Waals surface area contributed by atoms with Crippen LogP contribution in [-0.4, -0.2) is 9.55 Å². The van der Waals surface area contributed by atoms with Gasteiger partial charge in [-0.2, -0.15) is 0 Å². The van der Waals surface area contributed by atoms with E-state index >= 15 is 0 Å². The van der Waals surface area contributed by atoms with Crippen molar-refractivity contribution in [3.05, 3.63) is 42.5 Å². The fraction of sp³-hybridized carbons (Fsp3) is 0.781. The second-order valence-electron chi connectivity index (χ2n) is 11.0. The third-order valence-corrected chi connectivity index (χ3v) is 7.94. The molecule has 2 nitrogen and oxygen atoms in total. The van der Waals surface area contributed by atoms with Crippen LogP contribution >= 0.6 is 0 Å². The molecule has 194 valence electrons. The van der Waals surface area contributed by atoms with Crippen molar-refractivity contribution in [2.24, 2.45) is 0 Å². The summed E-state index contributed by atoms with van der Waals surface area (Å²) >= 11 is 0. The van der Waals surface area contributed by atoms with Crippen LogP contribution in [0.1, 0.15) is 161 Å². The predicted octanol–water partition coefficient (Wildman–Crippen LogP) is 10.6. The van der Waals surface area contributed by atoms with Gasteiger partial charge in [0, 0.05) is 18.4 Å². The van der Waals surface area contributed by atoms with Gasteiger partial charge in [-0.05, 0) is 26.2 Å². The molecular weight excluding hydrogens is 412 g/mol. The van der Waals surface area contributed by atoms with E-state index < -0.39 is 0 Å². The van der Waals surface area contributed by atoms with E-state index in [1.165, 1.54) is 128 Å². The lowest BCUT2D eigenvalue weighted by Gasteiger charge is -2.33. The highest BCUT2D eigenvalue weighted by atomic mass is 15.1. The molecule has 1 aromatic heterocycles. The normalized spacial score (nSPS) is 18.6. The minimum Gasteiger partial charge on any atom is -0.331 e. The van der Waals surface area contributed by atoms with Crippen LogP contribution in [0.25, 0.3) is 0 Å². The molecule has 0 saturated heterocycles. The summed E-state index contributed by atoms with van der Waals surface area (Å²) in [6.07, 6.45) is 41.0. The Morgan fingerprint density at radius 1 is 0.765 bits per heavy atom. The second kappa shape index (κ2) is 18.0. The van der Waals surface area contributed by atoms with Crippen LogP contribution in [0, 0.1) is 0 Å². The summed E-state index contributed by atoms with van der Waals surface area (Å²) in [4.78, 5) is 4.91. The number of unbranched alkanes of at least 4 members (excludes halogenated alkanes) is 15. The number of imidazole rings is 1. The Kier molecular flexibility index (Phi) is 15.3. The maximum absolute atomic E-state index is 4.91. The van der Waals surface area contributed by atoms with Gasteiger partial charge in [-0.3, -0.25) is 0 Å². The zero-order valence-corrected chi connectivity index (χ0v) is 23.1. The summed E-state index contributed by atoms with van der Waals surface area (Å²) in [7, 11) is 0. The molecule has 1 aliphatic carbocycles. The van der Waals surface area contributed by atoms with Crippen molar-refractivity contribution in [1.82, 2.24) is 9.55 Å². The van der Waals surface area contributed by atoms with E-state index in [0.29, 0.717) is 6.04 Å². The minimum absolute atomic E-state index is 0.0925. The summed E-state index contributed by atoms with van der Waals surface area (Å²) in [6.45, 7) is 6.95. The zero-order chi connectivity index (χ0) is 24.3. The molecule has 0 radical (unpaired) electrons. The van der Waals surface area contributed by atoms with E-state index in [0.717, 1.165) is 6.42 Å². The van der Waals surface area contributed by atoms with Crippen LogP contribution < -0.4 is 0 Å². The first-order valence-corrected chi connectivity index (χ1v) is 15.1. The lowest BCUT2D eigenvalue weighted by atomic mass is 9.76. The monoisotopic (exact) mass is 468 g/mol. The largest absolute Gasteiger partial charge is 0.331 e. The predicted molar refractivity (Wildman–Crippen MR) is 151 cm³/mol. The van der Waals surface area contributed by atoms with Crippen LogP contribution in [0.4, 0.5) is 0 Å². The average molecular weight is 469 g/mol. The molecule has 1 heterocycles. The maximum atomic E-state index is 4.91. The average Bonchev–Trinajstić information content (AvgIpc) is 3.36. The molecule has 0 aliphatic heterocycles. The van der Waals surface area contributed by atoms with E-state index in [4.69, 9.17) is 4.98 Å². The van der Waals surface area contributed by atoms with Gasteiger partial charge in [-0.15, -0.1) is 0 Å². The van der Waals surface area contributed by atoms with Crippen molar-refractivity contribution in [1.29, 1.82) is 0 Å². The van der Waals surface area contributed by atoms with Crippen molar-refractivity contribution in [3.63, 3.8) is 0 Å². The molecule has 0 aromatic carbocycles. The summed E-state index contributed by atoms with van der Waals surface area (Å²) in [5.74, 6) is 1.29. The van der Waals surface area contributed by atoms with Crippen LogP contribution in [0.2, 0.25) is 0 Å². The molecule has 0 fully saturated rings. The molecule has 2 rings (SSSR count). The fourth-order valence-corrected chi connectivity index (χ4v) is 5.63. The number of hydrogen-bond donors (Lipinski definition) is 0. The van der Waals surface area contributed by atoms with Gasteiger partial charge in [0.05, 0.1) is 5.41 Å². The maximum Gasteiger partial charge on any atom is 0.119 e. The highest BCUT2D eigenvalue weighted by Crippen LogP contribution is 2.38. The van der Waals surface area contributed by atoms with Crippen LogP contribution in [0.15, 0.2) is 36.7 Å². The van der Waals surface area contributed by atoms with Gasteiger partial charge in [-0.25, -0.2) is 4.98 Å². The quantitative estimate of drug-likeness (QED) is 0.164. The Morgan fingerprint density at radius 2 is 1.32 bits per heavy atom. The first kappa shape index (κ1) is 28.9. The van der Waals surface area contributed by atoms with Gasteiger partial charge < -0.3 is 4.57 Å². The molecule has 2 unspecified atom stereocenters. The fourth-order valence-electron chi connectivity index (χ4n) is 5.63. The van der Waals surface area contributed by atoms with Crippen LogP contribution in [-0.2, 0) is 5.41 Å². The van der Waals surface area contributed by atoms with E-state index in [2.05, 4.69) is 55.8 Å². The van der Waals surface area contributed by atoms with Crippen molar-refractivity contribution >= 4 is 0 Å². The Bertz CT molecular complexity index is 670. The molecule has 0 N–H and O–H groups in total. The second-order valence-corrected chi connectivity index (χ2v) is 11.0. The van der Waals surface area contributed by atoms with Gasteiger partial charge in [-0.1, -0.05) is 147 Å². The minimum atomic E-state index is 0.0925. The SMILES string of the molecule is CCCCCCCCCCCCCCCCCC1(c2nccn2C(C)CCCC)C=CC=CC1. The smallest absolute Gasteiger partial charge is 0.119 e. The molecular formula is C32H56N2.